The molecule has 2 heterocycles. The number of carbonyl (C=O) groups excluding carboxylic acids is 2. The summed E-state index contributed by atoms with van der Waals surface area (Å²) < 4.78 is 5.42. The fourth-order valence-electron chi connectivity index (χ4n) is 3.75. The molecule has 26 heavy (non-hydrogen) atoms. The topological polar surface area (TPSA) is 56.3 Å². The molecular weight excluding hydrogens is 332 g/mol. The summed E-state index contributed by atoms with van der Waals surface area (Å²) in [7, 11) is 9.15. The number of methoxy groups -OCH3 is 1. The van der Waals surface area contributed by atoms with E-state index in [1.165, 1.54) is 0 Å². The minimum Gasteiger partial charge on any atom is -0.496 e. The second-order valence-corrected chi connectivity index (χ2v) is 7.14. The van der Waals surface area contributed by atoms with Crippen molar-refractivity contribution in [2.45, 2.75) is 25.3 Å². The molecule has 140 valence electrons. The predicted octanol–water partition coefficient (Wildman–Crippen LogP) is 0.929. The Labute approximate surface area is 154 Å². The highest BCUT2D eigenvalue weighted by atomic mass is 16.5. The number of benzene rings is 1. The summed E-state index contributed by atoms with van der Waals surface area (Å²) in [4.78, 5) is 33.2. The lowest BCUT2D eigenvalue weighted by molar-refractivity contribution is -0.134. The first-order chi connectivity index (χ1) is 12.3. The van der Waals surface area contributed by atoms with Crippen LogP contribution in [-0.4, -0.2) is 79.0 Å². The molecule has 0 N–H and O–H groups in total. The van der Waals surface area contributed by atoms with E-state index in [4.69, 9.17) is 4.74 Å². The molecule has 0 radical (unpaired) electrons. The van der Waals surface area contributed by atoms with E-state index in [1.54, 1.807) is 16.9 Å². The zero-order chi connectivity index (χ0) is 19.0. The maximum Gasteiger partial charge on any atom is 0.254 e. The first kappa shape index (κ1) is 18.3. The summed E-state index contributed by atoms with van der Waals surface area (Å²) in [5.74, 6) is 0.646. The van der Waals surface area contributed by atoms with Crippen molar-refractivity contribution in [1.82, 2.24) is 19.6 Å². The molecule has 2 fully saturated rings. The van der Waals surface area contributed by atoms with E-state index in [1.807, 2.05) is 68.5 Å². The van der Waals surface area contributed by atoms with Gasteiger partial charge in [0.05, 0.1) is 13.7 Å². The third-order valence-electron chi connectivity index (χ3n) is 4.76. The maximum absolute atomic E-state index is 13.1. The molecule has 7 nitrogen and oxygen atoms in total. The Morgan fingerprint density at radius 1 is 1.19 bits per heavy atom. The summed E-state index contributed by atoms with van der Waals surface area (Å²) in [6, 6.07) is 7.22. The molecule has 7 heteroatoms. The molecule has 0 aliphatic carbocycles. The monoisotopic (exact) mass is 358 g/mol. The number of nitrogens with zero attached hydrogens (tertiary/aromatic N) is 4. The summed E-state index contributed by atoms with van der Waals surface area (Å²) in [5, 5.41) is 0. The highest BCUT2D eigenvalue weighted by Crippen LogP contribution is 2.37. The molecule has 1 aromatic rings. The van der Waals surface area contributed by atoms with Gasteiger partial charge in [-0.05, 0) is 20.2 Å². The molecule has 0 bridgehead atoms. The Hall–Kier alpha value is -2.54. The molecule has 2 amide bonds. The number of amides is 2. The van der Waals surface area contributed by atoms with E-state index in [-0.39, 0.29) is 11.8 Å². The summed E-state index contributed by atoms with van der Waals surface area (Å²) in [6.07, 6.45) is 1.85. The molecule has 0 saturated carbocycles. The van der Waals surface area contributed by atoms with Crippen LogP contribution in [0, 0.1) is 0 Å². The molecular formula is C19H26N4O3. The van der Waals surface area contributed by atoms with Crippen LogP contribution in [0.1, 0.15) is 12.0 Å². The van der Waals surface area contributed by atoms with Gasteiger partial charge >= 0.3 is 0 Å². The van der Waals surface area contributed by atoms with Crippen LogP contribution in [0.2, 0.25) is 0 Å². The number of para-hydroxylation sites is 1. The quantitative estimate of drug-likeness (QED) is 0.733. The van der Waals surface area contributed by atoms with Gasteiger partial charge in [-0.15, -0.1) is 0 Å². The fourth-order valence-corrected chi connectivity index (χ4v) is 3.75. The minimum absolute atomic E-state index is 0.0230. The van der Waals surface area contributed by atoms with Crippen molar-refractivity contribution in [3.63, 3.8) is 0 Å². The zero-order valence-electron chi connectivity index (χ0n) is 16.0. The molecule has 2 atom stereocenters. The van der Waals surface area contributed by atoms with Crippen molar-refractivity contribution >= 4 is 11.8 Å². The third kappa shape index (κ3) is 3.03. The number of carbonyl (C=O) groups is 2. The Bertz CT molecular complexity index is 744. The van der Waals surface area contributed by atoms with Crippen LogP contribution in [0.3, 0.4) is 0 Å². The van der Waals surface area contributed by atoms with Gasteiger partial charge < -0.3 is 14.5 Å². The van der Waals surface area contributed by atoms with Crippen LogP contribution in [0.4, 0.5) is 0 Å². The van der Waals surface area contributed by atoms with Gasteiger partial charge in [-0.25, -0.2) is 0 Å². The largest absolute Gasteiger partial charge is 0.496 e. The molecule has 0 aromatic heterocycles. The number of hydrogen-bond acceptors (Lipinski definition) is 5. The summed E-state index contributed by atoms with van der Waals surface area (Å²) in [6.45, 7) is 0.401. The lowest BCUT2D eigenvalue weighted by Crippen LogP contribution is -2.50. The molecule has 2 saturated heterocycles. The first-order valence-electron chi connectivity index (χ1n) is 8.63. The predicted molar refractivity (Wildman–Crippen MR) is 98.0 cm³/mol. The van der Waals surface area contributed by atoms with Gasteiger partial charge in [0, 0.05) is 37.9 Å². The zero-order valence-corrected chi connectivity index (χ0v) is 16.0. The van der Waals surface area contributed by atoms with Gasteiger partial charge in [0.1, 0.15) is 11.8 Å². The maximum atomic E-state index is 13.1. The van der Waals surface area contributed by atoms with Crippen LogP contribution in [0.25, 0.3) is 0 Å². The van der Waals surface area contributed by atoms with Crippen molar-refractivity contribution in [1.29, 1.82) is 0 Å². The van der Waals surface area contributed by atoms with Crippen LogP contribution >= 0.6 is 0 Å². The van der Waals surface area contributed by atoms with Crippen molar-refractivity contribution < 1.29 is 14.3 Å². The van der Waals surface area contributed by atoms with Gasteiger partial charge in [0.15, 0.2) is 6.29 Å². The highest BCUT2D eigenvalue weighted by molar-refractivity contribution is 6.03. The standard InChI is InChI=1S/C19H26N4O3/c1-20(2)11-14-10-15-18(25)22(19(21(3)4)23(15)17(14)24)12-13-8-6-7-9-16(13)26-5/h6-9,11,15,19H,10,12H2,1-5H3/b14-11+. The SMILES string of the molecule is COc1ccccc1CN1C(=O)C2C/C(=C\N(C)C)C(=O)N2C1N(C)C. The van der Waals surface area contributed by atoms with Gasteiger partial charge in [-0.3, -0.25) is 19.4 Å². The fraction of sp³-hybridized carbons (Fsp3) is 0.474. The second kappa shape index (κ2) is 6.99. The van der Waals surface area contributed by atoms with Crippen molar-refractivity contribution in [2.75, 3.05) is 35.3 Å². The molecule has 2 unspecified atom stereocenters. The minimum atomic E-state index is -0.434. The van der Waals surface area contributed by atoms with Crippen LogP contribution in [-0.2, 0) is 16.1 Å². The van der Waals surface area contributed by atoms with E-state index in [9.17, 15) is 9.59 Å². The second-order valence-electron chi connectivity index (χ2n) is 7.14. The van der Waals surface area contributed by atoms with Crippen molar-refractivity contribution in [3.05, 3.63) is 41.6 Å². The van der Waals surface area contributed by atoms with E-state index in [0.717, 1.165) is 11.3 Å². The lowest BCUT2D eigenvalue weighted by Gasteiger charge is -2.34. The molecule has 3 rings (SSSR count). The van der Waals surface area contributed by atoms with Crippen molar-refractivity contribution in [3.8, 4) is 5.75 Å². The normalized spacial score (nSPS) is 24.0. The molecule has 2 aliphatic heterocycles. The number of hydrogen-bond donors (Lipinski definition) is 0. The molecule has 0 spiro atoms. The van der Waals surface area contributed by atoms with Crippen LogP contribution < -0.4 is 4.74 Å². The van der Waals surface area contributed by atoms with Gasteiger partial charge in [-0.2, -0.15) is 0 Å². The average molecular weight is 358 g/mol. The van der Waals surface area contributed by atoms with E-state index >= 15 is 0 Å². The van der Waals surface area contributed by atoms with Crippen LogP contribution in [0.15, 0.2) is 36.0 Å². The van der Waals surface area contributed by atoms with Gasteiger partial charge in [0.25, 0.3) is 5.91 Å². The molecule has 1 aromatic carbocycles. The van der Waals surface area contributed by atoms with Crippen LogP contribution in [0.5, 0.6) is 5.75 Å². The summed E-state index contributed by atoms with van der Waals surface area (Å²) >= 11 is 0. The van der Waals surface area contributed by atoms with E-state index < -0.39 is 12.3 Å². The van der Waals surface area contributed by atoms with Gasteiger partial charge in [-0.1, -0.05) is 18.2 Å². The Kier molecular flexibility index (Phi) is 4.91. The molecule has 2 aliphatic rings. The lowest BCUT2D eigenvalue weighted by atomic mass is 10.1. The average Bonchev–Trinajstić information content (AvgIpc) is 3.04. The Balaban J connectivity index is 1.92. The van der Waals surface area contributed by atoms with Crippen molar-refractivity contribution in [2.24, 2.45) is 0 Å². The summed E-state index contributed by atoms with van der Waals surface area (Å²) in [5.41, 5.74) is 1.60. The van der Waals surface area contributed by atoms with E-state index in [2.05, 4.69) is 0 Å². The third-order valence-corrected chi connectivity index (χ3v) is 4.76. The number of ether oxygens (including phenoxy) is 1. The van der Waals surface area contributed by atoms with E-state index in [0.29, 0.717) is 18.5 Å². The number of rotatable bonds is 5. The Morgan fingerprint density at radius 2 is 1.88 bits per heavy atom. The first-order valence-corrected chi connectivity index (χ1v) is 8.63. The number of fused-ring (bicyclic) bond motifs is 1. The highest BCUT2D eigenvalue weighted by Gasteiger charge is 2.54. The van der Waals surface area contributed by atoms with Gasteiger partial charge in [0.2, 0.25) is 5.91 Å². The smallest absolute Gasteiger partial charge is 0.254 e. The Morgan fingerprint density at radius 3 is 2.50 bits per heavy atom.